The predicted octanol–water partition coefficient (Wildman–Crippen LogP) is 2.72. The van der Waals surface area contributed by atoms with Gasteiger partial charge in [-0.1, -0.05) is 6.07 Å². The van der Waals surface area contributed by atoms with Gasteiger partial charge >= 0.3 is 0 Å². The van der Waals surface area contributed by atoms with Crippen LogP contribution in [0.5, 0.6) is 0 Å². The Morgan fingerprint density at radius 3 is 2.82 bits per heavy atom. The average molecular weight is 255 g/mol. The van der Waals surface area contributed by atoms with Crippen LogP contribution in [0.3, 0.4) is 0 Å². The molecular formula is C13H21NO2S. The first-order valence-corrected chi connectivity index (χ1v) is 6.79. The first-order chi connectivity index (χ1) is 8.25. The van der Waals surface area contributed by atoms with Crippen molar-refractivity contribution in [3.63, 3.8) is 0 Å². The summed E-state index contributed by atoms with van der Waals surface area (Å²) in [5.74, 6) is 0.956. The van der Waals surface area contributed by atoms with Crippen molar-refractivity contribution < 1.29 is 9.47 Å². The third-order valence-corrected chi connectivity index (χ3v) is 3.57. The Bertz CT molecular complexity index is 331. The number of rotatable bonds is 8. The number of nitrogens with two attached hydrogens (primary N) is 1. The zero-order valence-corrected chi connectivity index (χ0v) is 11.4. The van der Waals surface area contributed by atoms with Gasteiger partial charge in [0.15, 0.2) is 0 Å². The normalized spacial score (nSPS) is 10.7. The molecule has 0 bridgehead atoms. The van der Waals surface area contributed by atoms with Crippen LogP contribution >= 0.6 is 11.8 Å². The van der Waals surface area contributed by atoms with Crippen molar-refractivity contribution in [2.24, 2.45) is 0 Å². The molecule has 0 aromatic heterocycles. The van der Waals surface area contributed by atoms with Gasteiger partial charge in [-0.15, -0.1) is 11.8 Å². The highest BCUT2D eigenvalue weighted by atomic mass is 32.2. The molecule has 0 spiro atoms. The second-order valence-electron chi connectivity index (χ2n) is 3.78. The smallest absolute Gasteiger partial charge is 0.0560 e. The summed E-state index contributed by atoms with van der Waals surface area (Å²) in [5.41, 5.74) is 7.87. The molecule has 0 fully saturated rings. The summed E-state index contributed by atoms with van der Waals surface area (Å²) in [6, 6.07) is 6.02. The van der Waals surface area contributed by atoms with Crippen LogP contribution < -0.4 is 5.73 Å². The molecule has 0 saturated carbocycles. The standard InChI is InChI=1S/C13H21NO2S/c1-11-12(14)5-3-6-13(11)17-10-9-16-8-4-7-15-2/h3,5-6H,4,7-10,14H2,1-2H3. The lowest BCUT2D eigenvalue weighted by Crippen LogP contribution is -2.02. The highest BCUT2D eigenvalue weighted by molar-refractivity contribution is 7.99. The number of methoxy groups -OCH3 is 1. The monoisotopic (exact) mass is 255 g/mol. The Kier molecular flexibility index (Phi) is 7.08. The highest BCUT2D eigenvalue weighted by Crippen LogP contribution is 2.25. The van der Waals surface area contributed by atoms with Crippen LogP contribution in [0.15, 0.2) is 23.1 Å². The molecule has 0 aliphatic carbocycles. The number of nitrogen functional groups attached to an aromatic ring is 1. The molecule has 0 radical (unpaired) electrons. The highest BCUT2D eigenvalue weighted by Gasteiger charge is 2.01. The van der Waals surface area contributed by atoms with Gasteiger partial charge in [0.05, 0.1) is 6.61 Å². The average Bonchev–Trinajstić information content (AvgIpc) is 2.33. The van der Waals surface area contributed by atoms with Crippen molar-refractivity contribution in [3.8, 4) is 0 Å². The van der Waals surface area contributed by atoms with Crippen LogP contribution in [0.4, 0.5) is 5.69 Å². The third kappa shape index (κ3) is 5.44. The van der Waals surface area contributed by atoms with Crippen molar-refractivity contribution >= 4 is 17.4 Å². The summed E-state index contributed by atoms with van der Waals surface area (Å²) in [5, 5.41) is 0. The van der Waals surface area contributed by atoms with Crippen LogP contribution in [0.25, 0.3) is 0 Å². The molecule has 0 aliphatic rings. The lowest BCUT2D eigenvalue weighted by atomic mass is 10.2. The maximum Gasteiger partial charge on any atom is 0.0560 e. The minimum Gasteiger partial charge on any atom is -0.398 e. The van der Waals surface area contributed by atoms with E-state index in [2.05, 4.69) is 13.0 Å². The van der Waals surface area contributed by atoms with Crippen molar-refractivity contribution in [1.29, 1.82) is 0 Å². The van der Waals surface area contributed by atoms with Gasteiger partial charge in [0, 0.05) is 36.7 Å². The van der Waals surface area contributed by atoms with Gasteiger partial charge in [-0.05, 0) is 31.0 Å². The van der Waals surface area contributed by atoms with E-state index in [0.29, 0.717) is 0 Å². The van der Waals surface area contributed by atoms with Crippen molar-refractivity contribution in [1.82, 2.24) is 0 Å². The topological polar surface area (TPSA) is 44.5 Å². The van der Waals surface area contributed by atoms with Crippen molar-refractivity contribution in [2.75, 3.05) is 38.4 Å². The SMILES string of the molecule is COCCCOCCSc1cccc(N)c1C. The Balaban J connectivity index is 2.16. The molecule has 0 unspecified atom stereocenters. The number of hydrogen-bond donors (Lipinski definition) is 1. The molecular weight excluding hydrogens is 234 g/mol. The van der Waals surface area contributed by atoms with Crippen LogP contribution in [0.1, 0.15) is 12.0 Å². The lowest BCUT2D eigenvalue weighted by molar-refractivity contribution is 0.113. The van der Waals surface area contributed by atoms with E-state index in [1.165, 1.54) is 4.90 Å². The number of ether oxygens (including phenoxy) is 2. The van der Waals surface area contributed by atoms with E-state index in [-0.39, 0.29) is 0 Å². The van der Waals surface area contributed by atoms with E-state index in [4.69, 9.17) is 15.2 Å². The fourth-order valence-corrected chi connectivity index (χ4v) is 2.34. The molecule has 3 nitrogen and oxygen atoms in total. The van der Waals surface area contributed by atoms with Crippen molar-refractivity contribution in [3.05, 3.63) is 23.8 Å². The van der Waals surface area contributed by atoms with Gasteiger partial charge in [-0.25, -0.2) is 0 Å². The number of benzene rings is 1. The molecule has 0 amide bonds. The van der Waals surface area contributed by atoms with E-state index in [1.54, 1.807) is 18.9 Å². The summed E-state index contributed by atoms with van der Waals surface area (Å²) in [6.45, 7) is 4.35. The van der Waals surface area contributed by atoms with Crippen LogP contribution in [-0.2, 0) is 9.47 Å². The van der Waals surface area contributed by atoms with Crippen LogP contribution in [0, 0.1) is 6.92 Å². The molecule has 0 heterocycles. The number of thioether (sulfide) groups is 1. The van der Waals surface area contributed by atoms with Crippen LogP contribution in [-0.4, -0.2) is 32.7 Å². The molecule has 0 aliphatic heterocycles. The molecule has 2 N–H and O–H groups in total. The summed E-state index contributed by atoms with van der Waals surface area (Å²) in [7, 11) is 1.71. The van der Waals surface area contributed by atoms with Gasteiger partial charge in [0.2, 0.25) is 0 Å². The predicted molar refractivity (Wildman–Crippen MR) is 73.6 cm³/mol. The maximum atomic E-state index is 5.85. The fraction of sp³-hybridized carbons (Fsp3) is 0.538. The Morgan fingerprint density at radius 1 is 1.24 bits per heavy atom. The first kappa shape index (κ1) is 14.4. The zero-order chi connectivity index (χ0) is 12.5. The minimum atomic E-state index is 0.765. The molecule has 1 aromatic carbocycles. The second-order valence-corrected chi connectivity index (χ2v) is 4.91. The molecule has 1 rings (SSSR count). The van der Waals surface area contributed by atoms with Gasteiger partial charge in [-0.3, -0.25) is 0 Å². The molecule has 0 atom stereocenters. The largest absolute Gasteiger partial charge is 0.398 e. The van der Waals surface area contributed by atoms with E-state index in [1.807, 2.05) is 12.1 Å². The third-order valence-electron chi connectivity index (χ3n) is 2.45. The van der Waals surface area contributed by atoms with Gasteiger partial charge < -0.3 is 15.2 Å². The summed E-state index contributed by atoms with van der Waals surface area (Å²) in [4.78, 5) is 1.24. The summed E-state index contributed by atoms with van der Waals surface area (Å²) in [6.07, 6.45) is 0.957. The Hall–Kier alpha value is -0.710. The van der Waals surface area contributed by atoms with E-state index >= 15 is 0 Å². The fourth-order valence-electron chi connectivity index (χ4n) is 1.41. The quantitative estimate of drug-likeness (QED) is 0.441. The molecule has 17 heavy (non-hydrogen) atoms. The van der Waals surface area contributed by atoms with Crippen molar-refractivity contribution in [2.45, 2.75) is 18.2 Å². The Labute approximate surface area is 108 Å². The Morgan fingerprint density at radius 2 is 2.06 bits per heavy atom. The molecule has 4 heteroatoms. The number of hydrogen-bond acceptors (Lipinski definition) is 4. The maximum absolute atomic E-state index is 5.85. The van der Waals surface area contributed by atoms with Gasteiger partial charge in [0.1, 0.15) is 0 Å². The number of anilines is 1. The second kappa shape index (κ2) is 8.39. The zero-order valence-electron chi connectivity index (χ0n) is 10.6. The van der Waals surface area contributed by atoms with Gasteiger partial charge in [0.25, 0.3) is 0 Å². The molecule has 0 saturated heterocycles. The first-order valence-electron chi connectivity index (χ1n) is 5.80. The summed E-state index contributed by atoms with van der Waals surface area (Å²) < 4.78 is 10.4. The van der Waals surface area contributed by atoms with E-state index in [9.17, 15) is 0 Å². The van der Waals surface area contributed by atoms with Gasteiger partial charge in [-0.2, -0.15) is 0 Å². The van der Waals surface area contributed by atoms with E-state index in [0.717, 1.165) is 43.2 Å². The minimum absolute atomic E-state index is 0.765. The molecule has 96 valence electrons. The lowest BCUT2D eigenvalue weighted by Gasteiger charge is -2.08. The summed E-state index contributed by atoms with van der Waals surface area (Å²) >= 11 is 1.79. The molecule has 1 aromatic rings. The van der Waals surface area contributed by atoms with Crippen LogP contribution in [0.2, 0.25) is 0 Å². The van der Waals surface area contributed by atoms with E-state index < -0.39 is 0 Å².